The van der Waals surface area contributed by atoms with Crippen LogP contribution < -0.4 is 27.2 Å². The lowest BCUT2D eigenvalue weighted by molar-refractivity contribution is 0.102. The Morgan fingerprint density at radius 3 is 2.46 bits per heavy atom. The number of hydrazine groups is 1. The SMILES string of the molecule is Cc1ccc(NC(=O)c2cc(CNC(C)C)cc(C(C)(C)C)c2)cc1N(N)/C=C(\N)c1cnn(C)c1C. The van der Waals surface area contributed by atoms with E-state index in [1.54, 1.807) is 17.1 Å². The van der Waals surface area contributed by atoms with E-state index in [4.69, 9.17) is 11.6 Å². The van der Waals surface area contributed by atoms with Crippen LogP contribution in [0.25, 0.3) is 5.70 Å². The second-order valence-electron chi connectivity index (χ2n) is 10.9. The van der Waals surface area contributed by atoms with E-state index in [-0.39, 0.29) is 11.3 Å². The average molecular weight is 504 g/mol. The summed E-state index contributed by atoms with van der Waals surface area (Å²) in [4.78, 5) is 13.3. The van der Waals surface area contributed by atoms with E-state index in [2.05, 4.69) is 56.4 Å². The average Bonchev–Trinajstić information content (AvgIpc) is 3.16. The third-order valence-electron chi connectivity index (χ3n) is 6.41. The third kappa shape index (κ3) is 6.99. The molecule has 0 saturated heterocycles. The maximum atomic E-state index is 13.3. The molecule has 0 radical (unpaired) electrons. The second-order valence-corrected chi connectivity index (χ2v) is 10.9. The standard InChI is InChI=1S/C29H41N7O/c1-18(2)32-15-21-11-22(13-23(12-21)29(5,6)7)28(37)34-24-10-9-19(3)27(14-24)36(31)17-26(30)25-16-33-35(8)20(25)4/h9-14,16-18,32H,15,30-31H2,1-8H3,(H,34,37)/b26-17-. The van der Waals surface area contributed by atoms with E-state index in [0.29, 0.717) is 29.5 Å². The summed E-state index contributed by atoms with van der Waals surface area (Å²) in [6.45, 7) is 15.3. The van der Waals surface area contributed by atoms with Gasteiger partial charge in [0.25, 0.3) is 5.91 Å². The summed E-state index contributed by atoms with van der Waals surface area (Å²) in [5, 5.41) is 12.2. The molecule has 6 N–H and O–H groups in total. The Morgan fingerprint density at radius 1 is 1.16 bits per heavy atom. The number of aromatic nitrogens is 2. The number of hydrogen-bond acceptors (Lipinski definition) is 6. The first kappa shape index (κ1) is 28.0. The minimum atomic E-state index is -0.170. The smallest absolute Gasteiger partial charge is 0.255 e. The van der Waals surface area contributed by atoms with Crippen LogP contribution in [0.4, 0.5) is 11.4 Å². The molecule has 0 bridgehead atoms. The van der Waals surface area contributed by atoms with Gasteiger partial charge in [-0.05, 0) is 60.2 Å². The quantitative estimate of drug-likeness (QED) is 0.261. The summed E-state index contributed by atoms with van der Waals surface area (Å²) in [6.07, 6.45) is 3.38. The fraction of sp³-hybridized carbons (Fsp3) is 0.379. The van der Waals surface area contributed by atoms with E-state index >= 15 is 0 Å². The van der Waals surface area contributed by atoms with Crippen molar-refractivity contribution in [3.8, 4) is 0 Å². The highest BCUT2D eigenvalue weighted by molar-refractivity contribution is 6.04. The van der Waals surface area contributed by atoms with Gasteiger partial charge in [0.2, 0.25) is 0 Å². The van der Waals surface area contributed by atoms with Crippen LogP contribution in [0, 0.1) is 13.8 Å². The van der Waals surface area contributed by atoms with E-state index in [1.807, 2.05) is 51.2 Å². The van der Waals surface area contributed by atoms with Crippen LogP contribution in [-0.2, 0) is 19.0 Å². The van der Waals surface area contributed by atoms with Gasteiger partial charge in [-0.1, -0.05) is 46.8 Å². The van der Waals surface area contributed by atoms with Crippen LogP contribution in [0.5, 0.6) is 0 Å². The van der Waals surface area contributed by atoms with Crippen LogP contribution in [0.3, 0.4) is 0 Å². The van der Waals surface area contributed by atoms with Crippen molar-refractivity contribution in [2.45, 2.75) is 66.5 Å². The molecule has 37 heavy (non-hydrogen) atoms. The number of benzene rings is 2. The fourth-order valence-electron chi connectivity index (χ4n) is 3.92. The van der Waals surface area contributed by atoms with Crippen LogP contribution in [0.15, 0.2) is 48.8 Å². The normalized spacial score (nSPS) is 12.2. The number of aryl methyl sites for hydroxylation is 2. The first-order valence-electron chi connectivity index (χ1n) is 12.6. The summed E-state index contributed by atoms with van der Waals surface area (Å²) in [7, 11) is 1.86. The summed E-state index contributed by atoms with van der Waals surface area (Å²) >= 11 is 0. The Balaban J connectivity index is 1.87. The largest absolute Gasteiger partial charge is 0.397 e. The Bertz CT molecular complexity index is 1300. The molecule has 0 aliphatic carbocycles. The molecule has 1 heterocycles. The van der Waals surface area contributed by atoms with Gasteiger partial charge in [-0.15, -0.1) is 0 Å². The van der Waals surface area contributed by atoms with Gasteiger partial charge in [0, 0.05) is 48.3 Å². The van der Waals surface area contributed by atoms with Gasteiger partial charge in [-0.3, -0.25) is 14.5 Å². The maximum absolute atomic E-state index is 13.3. The summed E-state index contributed by atoms with van der Waals surface area (Å²) in [5.74, 6) is 6.21. The van der Waals surface area contributed by atoms with Gasteiger partial charge in [-0.2, -0.15) is 5.10 Å². The lowest BCUT2D eigenvalue weighted by Crippen LogP contribution is -2.27. The third-order valence-corrected chi connectivity index (χ3v) is 6.41. The molecule has 198 valence electrons. The van der Waals surface area contributed by atoms with Crippen molar-refractivity contribution in [3.63, 3.8) is 0 Å². The van der Waals surface area contributed by atoms with Crippen molar-refractivity contribution in [2.24, 2.45) is 18.6 Å². The Labute approximate surface area is 220 Å². The molecule has 0 saturated carbocycles. The zero-order valence-electron chi connectivity index (χ0n) is 23.3. The van der Waals surface area contributed by atoms with Crippen molar-refractivity contribution in [1.29, 1.82) is 0 Å². The Morgan fingerprint density at radius 2 is 1.86 bits per heavy atom. The molecule has 0 fully saturated rings. The maximum Gasteiger partial charge on any atom is 0.255 e. The van der Waals surface area contributed by atoms with E-state index in [9.17, 15) is 4.79 Å². The van der Waals surface area contributed by atoms with Gasteiger partial charge in [0.1, 0.15) is 0 Å². The van der Waals surface area contributed by atoms with Crippen molar-refractivity contribution in [2.75, 3.05) is 10.3 Å². The topological polar surface area (TPSA) is 114 Å². The van der Waals surface area contributed by atoms with Gasteiger partial charge < -0.3 is 16.4 Å². The second kappa shape index (κ2) is 11.2. The lowest BCUT2D eigenvalue weighted by atomic mass is 9.85. The molecule has 2 aromatic carbocycles. The molecule has 3 aromatic rings. The van der Waals surface area contributed by atoms with Crippen LogP contribution in [0.1, 0.15) is 72.9 Å². The molecule has 3 rings (SSSR count). The van der Waals surface area contributed by atoms with Crippen LogP contribution >= 0.6 is 0 Å². The molecule has 8 heteroatoms. The van der Waals surface area contributed by atoms with Crippen LogP contribution in [-0.4, -0.2) is 21.7 Å². The number of amides is 1. The highest BCUT2D eigenvalue weighted by Crippen LogP contribution is 2.27. The van der Waals surface area contributed by atoms with Gasteiger partial charge >= 0.3 is 0 Å². The number of nitrogens with two attached hydrogens (primary N) is 2. The summed E-state index contributed by atoms with van der Waals surface area (Å²) in [5.41, 5.74) is 13.6. The zero-order chi connectivity index (χ0) is 27.5. The van der Waals surface area contributed by atoms with Gasteiger partial charge in [-0.25, -0.2) is 5.84 Å². The first-order chi connectivity index (χ1) is 17.3. The van der Waals surface area contributed by atoms with Crippen LogP contribution in [0.2, 0.25) is 0 Å². The molecule has 0 aliphatic rings. The Kier molecular flexibility index (Phi) is 8.46. The summed E-state index contributed by atoms with van der Waals surface area (Å²) in [6, 6.07) is 12.1. The number of anilines is 2. The van der Waals surface area contributed by atoms with E-state index < -0.39 is 0 Å². The van der Waals surface area contributed by atoms with E-state index in [1.165, 1.54) is 5.01 Å². The minimum absolute atomic E-state index is 0.0845. The van der Waals surface area contributed by atoms with Crippen molar-refractivity contribution in [3.05, 3.63) is 82.3 Å². The molecule has 0 atom stereocenters. The van der Waals surface area contributed by atoms with Gasteiger partial charge in [0.15, 0.2) is 0 Å². The molecule has 8 nitrogen and oxygen atoms in total. The van der Waals surface area contributed by atoms with Crippen molar-refractivity contribution < 1.29 is 4.79 Å². The van der Waals surface area contributed by atoms with Crippen molar-refractivity contribution >= 4 is 23.0 Å². The fourth-order valence-corrected chi connectivity index (χ4v) is 3.92. The molecular formula is C29H41N7O. The highest BCUT2D eigenvalue weighted by atomic mass is 16.1. The zero-order valence-corrected chi connectivity index (χ0v) is 23.3. The highest BCUT2D eigenvalue weighted by Gasteiger charge is 2.18. The molecular weight excluding hydrogens is 462 g/mol. The number of nitrogens with zero attached hydrogens (tertiary/aromatic N) is 3. The number of carbonyl (C=O) groups is 1. The molecule has 1 amide bonds. The predicted molar refractivity (Wildman–Crippen MR) is 153 cm³/mol. The summed E-state index contributed by atoms with van der Waals surface area (Å²) < 4.78 is 1.76. The molecule has 0 unspecified atom stereocenters. The number of nitrogens with one attached hydrogen (secondary N) is 2. The van der Waals surface area contributed by atoms with Gasteiger partial charge in [0.05, 0.1) is 17.6 Å². The molecule has 0 aliphatic heterocycles. The number of hydrogen-bond donors (Lipinski definition) is 4. The minimum Gasteiger partial charge on any atom is -0.397 e. The predicted octanol–water partition coefficient (Wildman–Crippen LogP) is 4.72. The van der Waals surface area contributed by atoms with E-state index in [0.717, 1.165) is 33.6 Å². The van der Waals surface area contributed by atoms with Crippen molar-refractivity contribution in [1.82, 2.24) is 15.1 Å². The number of rotatable bonds is 8. The molecule has 0 spiro atoms. The molecule has 1 aromatic heterocycles. The number of carbonyl (C=O) groups excluding carboxylic acids is 1. The Hall–Kier alpha value is -3.62. The first-order valence-corrected chi connectivity index (χ1v) is 12.6. The lowest BCUT2D eigenvalue weighted by Gasteiger charge is -2.22. The monoisotopic (exact) mass is 503 g/mol.